The second kappa shape index (κ2) is 15.5. The Labute approximate surface area is 113 Å². The third kappa shape index (κ3) is 10.2. The van der Waals surface area contributed by atoms with E-state index in [9.17, 15) is 10.1 Å². The number of benzene rings is 1. The molecule has 0 bridgehead atoms. The Morgan fingerprint density at radius 1 is 0.857 bits per heavy atom. The molecule has 0 aliphatic heterocycles. The highest BCUT2D eigenvalue weighted by molar-refractivity contribution is 5.86. The summed E-state index contributed by atoms with van der Waals surface area (Å²) in [6.45, 7) is 0. The molecule has 0 N–H and O–H groups in total. The van der Waals surface area contributed by atoms with Crippen LogP contribution in [0.15, 0.2) is 30.3 Å². The van der Waals surface area contributed by atoms with Gasteiger partial charge < -0.3 is 0 Å². The normalized spacial score (nSPS) is 5.71. The van der Waals surface area contributed by atoms with Crippen LogP contribution in [0, 0.1) is 10.1 Å². The van der Waals surface area contributed by atoms with Crippen LogP contribution in [0.5, 0.6) is 0 Å². The van der Waals surface area contributed by atoms with Gasteiger partial charge in [-0.25, -0.2) is 0 Å². The predicted molar refractivity (Wildman–Crippen MR) is 69.3 cm³/mol. The first-order valence-corrected chi connectivity index (χ1v) is 2.50. The van der Waals surface area contributed by atoms with Crippen LogP contribution in [-0.4, -0.2) is 4.92 Å². The Bertz CT molecular complexity index is 221. The smallest absolute Gasteiger partial charge is 0.258 e. The number of nitrogens with zero attached hydrogens (tertiary/aromatic N) is 1. The zero-order valence-electron chi connectivity index (χ0n) is 6.69. The van der Waals surface area contributed by atoms with Gasteiger partial charge in [0, 0.05) is 12.1 Å². The maximum absolute atomic E-state index is 10.0. The van der Waals surface area contributed by atoms with Crippen molar-refractivity contribution >= 4 is 67.7 Å². The first kappa shape index (κ1) is 29.2. The Morgan fingerprint density at radius 3 is 1.43 bits per heavy atom. The van der Waals surface area contributed by atoms with E-state index in [2.05, 4.69) is 0 Å². The van der Waals surface area contributed by atoms with Crippen molar-refractivity contribution in [3.63, 3.8) is 0 Å². The van der Waals surface area contributed by atoms with Gasteiger partial charge in [-0.05, 0) is 0 Å². The van der Waals surface area contributed by atoms with E-state index in [4.69, 9.17) is 0 Å². The second-order valence-electron chi connectivity index (χ2n) is 1.59. The van der Waals surface area contributed by atoms with Crippen LogP contribution in [0.25, 0.3) is 0 Å². The fourth-order valence-corrected chi connectivity index (χ4v) is 0.550. The van der Waals surface area contributed by atoms with Crippen molar-refractivity contribution in [1.29, 1.82) is 0 Å². The highest BCUT2D eigenvalue weighted by Gasteiger charge is 1.98. The van der Waals surface area contributed by atoms with Crippen LogP contribution < -0.4 is 0 Å². The Kier molecular flexibility index (Phi) is 32.4. The zero-order chi connectivity index (χ0) is 6.69. The van der Waals surface area contributed by atoms with Crippen LogP contribution in [0.2, 0.25) is 0 Å². The van der Waals surface area contributed by atoms with Gasteiger partial charge in [-0.2, -0.15) is 0 Å². The quantitative estimate of drug-likeness (QED) is 0.586. The van der Waals surface area contributed by atoms with E-state index in [1.54, 1.807) is 18.2 Å². The van der Waals surface area contributed by atoms with Crippen LogP contribution in [-0.2, 0) is 0 Å². The van der Waals surface area contributed by atoms with Gasteiger partial charge >= 0.3 is 0 Å². The molecule has 0 amide bonds. The molecule has 14 heavy (non-hydrogen) atoms. The average Bonchev–Trinajstić information content (AvgIpc) is 1.90. The standard InChI is InChI=1S/C6H5NO2.5ClH/c8-7(9)6-4-2-1-3-5-6;;;;;/h1-5H;5*1H. The van der Waals surface area contributed by atoms with E-state index >= 15 is 0 Å². The minimum absolute atomic E-state index is 0. The summed E-state index contributed by atoms with van der Waals surface area (Å²) < 4.78 is 0. The molecule has 8 heteroatoms. The zero-order valence-corrected chi connectivity index (χ0v) is 10.8. The third-order valence-electron chi connectivity index (χ3n) is 0.967. The molecule has 0 heterocycles. The molecule has 1 rings (SSSR count). The Morgan fingerprint density at radius 2 is 1.21 bits per heavy atom. The molecule has 0 aromatic heterocycles. The summed E-state index contributed by atoms with van der Waals surface area (Å²) in [5.74, 6) is 0. The van der Waals surface area contributed by atoms with Crippen LogP contribution in [0.4, 0.5) is 5.69 Å². The van der Waals surface area contributed by atoms with Crippen molar-refractivity contribution < 1.29 is 4.92 Å². The fraction of sp³-hybridized carbons (Fsp3) is 0. The third-order valence-corrected chi connectivity index (χ3v) is 0.967. The highest BCUT2D eigenvalue weighted by atomic mass is 35.5. The maximum Gasteiger partial charge on any atom is 0.269 e. The lowest BCUT2D eigenvalue weighted by Gasteiger charge is -1.85. The van der Waals surface area contributed by atoms with E-state index in [0.717, 1.165) is 0 Å². The summed E-state index contributed by atoms with van der Waals surface area (Å²) in [4.78, 5) is 9.59. The fourth-order valence-electron chi connectivity index (χ4n) is 0.550. The molecule has 0 atom stereocenters. The van der Waals surface area contributed by atoms with Gasteiger partial charge in [-0.1, -0.05) is 18.2 Å². The summed E-state index contributed by atoms with van der Waals surface area (Å²) in [5.41, 5.74) is 0.137. The summed E-state index contributed by atoms with van der Waals surface area (Å²) in [7, 11) is 0. The first-order valence-electron chi connectivity index (χ1n) is 2.50. The minimum Gasteiger partial charge on any atom is -0.258 e. The lowest BCUT2D eigenvalue weighted by Crippen LogP contribution is -1.84. The second-order valence-corrected chi connectivity index (χ2v) is 1.59. The van der Waals surface area contributed by atoms with Crippen molar-refractivity contribution in [3.05, 3.63) is 40.4 Å². The van der Waals surface area contributed by atoms with Crippen molar-refractivity contribution in [2.24, 2.45) is 0 Å². The van der Waals surface area contributed by atoms with Gasteiger partial charge in [0.2, 0.25) is 0 Å². The van der Waals surface area contributed by atoms with Crippen LogP contribution in [0.1, 0.15) is 0 Å². The molecule has 0 aliphatic carbocycles. The van der Waals surface area contributed by atoms with E-state index in [1.165, 1.54) is 12.1 Å². The average molecular weight is 305 g/mol. The monoisotopic (exact) mass is 303 g/mol. The van der Waals surface area contributed by atoms with E-state index in [-0.39, 0.29) is 67.7 Å². The van der Waals surface area contributed by atoms with Crippen molar-refractivity contribution in [3.8, 4) is 0 Å². The summed E-state index contributed by atoms with van der Waals surface area (Å²) in [5, 5.41) is 10.0. The molecule has 0 unspecified atom stereocenters. The number of halogens is 5. The van der Waals surface area contributed by atoms with E-state index in [0.29, 0.717) is 0 Å². The molecule has 0 saturated heterocycles. The van der Waals surface area contributed by atoms with Gasteiger partial charge in [0.15, 0.2) is 0 Å². The Hall–Kier alpha value is 0.0700. The lowest BCUT2D eigenvalue weighted by molar-refractivity contribution is -0.384. The first-order chi connectivity index (χ1) is 4.30. The highest BCUT2D eigenvalue weighted by Crippen LogP contribution is 2.06. The van der Waals surface area contributed by atoms with Gasteiger partial charge in [-0.3, -0.25) is 10.1 Å². The number of nitro benzene ring substituents is 1. The number of para-hydroxylation sites is 1. The molecular weight excluding hydrogens is 295 g/mol. The summed E-state index contributed by atoms with van der Waals surface area (Å²) in [6.07, 6.45) is 0. The number of non-ortho nitro benzene ring substituents is 1. The molecule has 1 aromatic carbocycles. The molecule has 0 aliphatic rings. The molecule has 3 nitrogen and oxygen atoms in total. The van der Waals surface area contributed by atoms with Crippen molar-refractivity contribution in [2.75, 3.05) is 0 Å². The SMILES string of the molecule is Cl.Cl.Cl.Cl.Cl.O=[N+]([O-])c1ccccc1. The van der Waals surface area contributed by atoms with Gasteiger partial charge in [0.25, 0.3) is 5.69 Å². The number of hydrogen-bond donors (Lipinski definition) is 0. The number of hydrogen-bond acceptors (Lipinski definition) is 2. The van der Waals surface area contributed by atoms with E-state index in [1.807, 2.05) is 0 Å². The van der Waals surface area contributed by atoms with Gasteiger partial charge in [-0.15, -0.1) is 62.0 Å². The Balaban J connectivity index is -0.0000000540. The maximum atomic E-state index is 10.0. The molecule has 1 aromatic rings. The molecule has 86 valence electrons. The van der Waals surface area contributed by atoms with Crippen molar-refractivity contribution in [1.82, 2.24) is 0 Å². The predicted octanol–water partition coefficient (Wildman–Crippen LogP) is 3.70. The topological polar surface area (TPSA) is 43.1 Å². The summed E-state index contributed by atoms with van der Waals surface area (Å²) in [6, 6.07) is 7.93. The number of rotatable bonds is 1. The largest absolute Gasteiger partial charge is 0.269 e. The minimum atomic E-state index is -0.417. The van der Waals surface area contributed by atoms with E-state index < -0.39 is 4.92 Å². The summed E-state index contributed by atoms with van der Waals surface area (Å²) >= 11 is 0. The van der Waals surface area contributed by atoms with Crippen molar-refractivity contribution in [2.45, 2.75) is 0 Å². The molecule has 0 radical (unpaired) electrons. The van der Waals surface area contributed by atoms with Gasteiger partial charge in [0.05, 0.1) is 4.92 Å². The molecule has 0 spiro atoms. The van der Waals surface area contributed by atoms with Crippen LogP contribution >= 0.6 is 62.0 Å². The number of nitro groups is 1. The van der Waals surface area contributed by atoms with Crippen LogP contribution in [0.3, 0.4) is 0 Å². The molecular formula is C6H10Cl5NO2. The molecule has 0 saturated carbocycles. The lowest BCUT2D eigenvalue weighted by atomic mass is 10.3. The van der Waals surface area contributed by atoms with Gasteiger partial charge in [0.1, 0.15) is 0 Å². The molecule has 0 fully saturated rings.